The average Bonchev–Trinajstić information content (AvgIpc) is 2.16. The maximum absolute atomic E-state index is 10.8. The number of carboxylic acids is 1. The molecule has 0 aliphatic carbocycles. The summed E-state index contributed by atoms with van der Waals surface area (Å²) in [5.41, 5.74) is 5.27. The predicted molar refractivity (Wildman–Crippen MR) is 52.7 cm³/mol. The van der Waals surface area contributed by atoms with E-state index in [1.807, 2.05) is 0 Å². The zero-order valence-corrected chi connectivity index (χ0v) is 8.03. The molecule has 0 saturated heterocycles. The van der Waals surface area contributed by atoms with E-state index >= 15 is 0 Å². The number of unbranched alkanes of at least 4 members (excludes halogenated alkanes) is 1. The highest BCUT2D eigenvalue weighted by atomic mass is 16.4. The van der Waals surface area contributed by atoms with Crippen LogP contribution in [-0.4, -0.2) is 29.6 Å². The highest BCUT2D eigenvalue weighted by Gasteiger charge is 2.17. The molecular formula is C9H16N2O3. The highest BCUT2D eigenvalue weighted by molar-refractivity contribution is 5.90. The van der Waals surface area contributed by atoms with Gasteiger partial charge in [0.2, 0.25) is 5.91 Å². The summed E-state index contributed by atoms with van der Waals surface area (Å²) in [7, 11) is 0. The second kappa shape index (κ2) is 7.08. The lowest BCUT2D eigenvalue weighted by Crippen LogP contribution is -2.39. The van der Waals surface area contributed by atoms with Crippen molar-refractivity contribution in [2.45, 2.75) is 25.3 Å². The number of aliphatic carboxylic acids is 1. The van der Waals surface area contributed by atoms with Gasteiger partial charge in [-0.15, -0.1) is 0 Å². The molecule has 1 atom stereocenters. The van der Waals surface area contributed by atoms with Crippen molar-refractivity contribution in [1.29, 1.82) is 0 Å². The third kappa shape index (κ3) is 5.31. The first-order valence-corrected chi connectivity index (χ1v) is 4.47. The second-order valence-electron chi connectivity index (χ2n) is 2.89. The van der Waals surface area contributed by atoms with Crippen LogP contribution in [0.1, 0.15) is 19.3 Å². The van der Waals surface area contributed by atoms with E-state index in [0.717, 1.165) is 12.5 Å². The molecular weight excluding hydrogens is 184 g/mol. The Balaban J connectivity index is 3.96. The summed E-state index contributed by atoms with van der Waals surface area (Å²) in [6.07, 6.45) is 2.89. The van der Waals surface area contributed by atoms with Crippen molar-refractivity contribution < 1.29 is 14.7 Å². The largest absolute Gasteiger partial charge is 0.480 e. The molecule has 0 aromatic heterocycles. The molecule has 0 bridgehead atoms. The first-order chi connectivity index (χ1) is 6.61. The number of amides is 1. The maximum atomic E-state index is 10.8. The topological polar surface area (TPSA) is 92.4 Å². The van der Waals surface area contributed by atoms with Gasteiger partial charge in [-0.1, -0.05) is 6.58 Å². The van der Waals surface area contributed by atoms with Crippen LogP contribution in [0, 0.1) is 0 Å². The standard InChI is InChI=1S/C9H16N2O3/c1-2-8(12)11-7(9(13)14)5-3-4-6-10/h2,7H,1,3-6,10H2,(H,11,12)(H,13,14)/t7-/m0/s1. The SMILES string of the molecule is C=CC(=O)N[C@@H](CCCCN)C(=O)O. The first kappa shape index (κ1) is 12.6. The van der Waals surface area contributed by atoms with Crippen LogP contribution in [0.25, 0.3) is 0 Å². The van der Waals surface area contributed by atoms with Gasteiger partial charge in [-0.3, -0.25) is 4.79 Å². The average molecular weight is 200 g/mol. The quantitative estimate of drug-likeness (QED) is 0.394. The number of nitrogens with two attached hydrogens (primary N) is 1. The van der Waals surface area contributed by atoms with Gasteiger partial charge in [0.1, 0.15) is 6.04 Å². The van der Waals surface area contributed by atoms with Crippen LogP contribution < -0.4 is 11.1 Å². The number of carbonyl (C=O) groups excluding carboxylic acids is 1. The summed E-state index contributed by atoms with van der Waals surface area (Å²) in [5.74, 6) is -1.50. The van der Waals surface area contributed by atoms with Crippen molar-refractivity contribution in [1.82, 2.24) is 5.32 Å². The van der Waals surface area contributed by atoms with E-state index in [0.29, 0.717) is 19.4 Å². The van der Waals surface area contributed by atoms with Crippen LogP contribution in [-0.2, 0) is 9.59 Å². The molecule has 1 amide bonds. The lowest BCUT2D eigenvalue weighted by Gasteiger charge is -2.12. The molecule has 0 heterocycles. The summed E-state index contributed by atoms with van der Waals surface area (Å²) in [6.45, 7) is 3.77. The molecule has 0 rings (SSSR count). The van der Waals surface area contributed by atoms with Crippen LogP contribution in [0.4, 0.5) is 0 Å². The monoisotopic (exact) mass is 200 g/mol. The van der Waals surface area contributed by atoms with E-state index in [-0.39, 0.29) is 0 Å². The van der Waals surface area contributed by atoms with Crippen LogP contribution in [0.5, 0.6) is 0 Å². The van der Waals surface area contributed by atoms with Crippen molar-refractivity contribution in [2.75, 3.05) is 6.54 Å². The molecule has 5 nitrogen and oxygen atoms in total. The molecule has 0 unspecified atom stereocenters. The molecule has 0 fully saturated rings. The lowest BCUT2D eigenvalue weighted by atomic mass is 10.1. The van der Waals surface area contributed by atoms with Crippen molar-refractivity contribution in [3.05, 3.63) is 12.7 Å². The van der Waals surface area contributed by atoms with Crippen LogP contribution in [0.2, 0.25) is 0 Å². The number of rotatable bonds is 7. The van der Waals surface area contributed by atoms with Gasteiger partial charge >= 0.3 is 5.97 Å². The Bertz CT molecular complexity index is 216. The van der Waals surface area contributed by atoms with Crippen molar-refractivity contribution in [3.8, 4) is 0 Å². The molecule has 4 N–H and O–H groups in total. The van der Waals surface area contributed by atoms with Crippen molar-refractivity contribution >= 4 is 11.9 Å². The normalized spacial score (nSPS) is 11.8. The minimum absolute atomic E-state index is 0.395. The number of hydrogen-bond donors (Lipinski definition) is 3. The van der Waals surface area contributed by atoms with E-state index in [1.54, 1.807) is 0 Å². The molecule has 0 aromatic carbocycles. The molecule has 0 spiro atoms. The van der Waals surface area contributed by atoms with Gasteiger partial charge in [-0.25, -0.2) is 4.79 Å². The van der Waals surface area contributed by atoms with Gasteiger partial charge in [-0.05, 0) is 31.9 Å². The number of nitrogens with one attached hydrogen (secondary N) is 1. The predicted octanol–water partition coefficient (Wildman–Crippen LogP) is -0.129. The van der Waals surface area contributed by atoms with Crippen LogP contribution >= 0.6 is 0 Å². The van der Waals surface area contributed by atoms with Gasteiger partial charge in [0, 0.05) is 0 Å². The van der Waals surface area contributed by atoms with Crippen molar-refractivity contribution in [3.63, 3.8) is 0 Å². The fourth-order valence-electron chi connectivity index (χ4n) is 0.981. The van der Waals surface area contributed by atoms with Crippen LogP contribution in [0.15, 0.2) is 12.7 Å². The Morgan fingerprint density at radius 3 is 2.57 bits per heavy atom. The lowest BCUT2D eigenvalue weighted by molar-refractivity contribution is -0.141. The number of hydrogen-bond acceptors (Lipinski definition) is 3. The first-order valence-electron chi connectivity index (χ1n) is 4.47. The Morgan fingerprint density at radius 1 is 1.50 bits per heavy atom. The van der Waals surface area contributed by atoms with E-state index in [9.17, 15) is 9.59 Å². The summed E-state index contributed by atoms with van der Waals surface area (Å²) >= 11 is 0. The van der Waals surface area contributed by atoms with Gasteiger partial charge in [0.15, 0.2) is 0 Å². The van der Waals surface area contributed by atoms with Gasteiger partial charge in [0.05, 0.1) is 0 Å². The van der Waals surface area contributed by atoms with E-state index < -0.39 is 17.9 Å². The van der Waals surface area contributed by atoms with Crippen LogP contribution in [0.3, 0.4) is 0 Å². The Kier molecular flexibility index (Phi) is 6.39. The van der Waals surface area contributed by atoms with Gasteiger partial charge in [-0.2, -0.15) is 0 Å². The zero-order valence-electron chi connectivity index (χ0n) is 8.03. The molecule has 0 aliphatic rings. The Hall–Kier alpha value is -1.36. The Labute approximate surface area is 83.0 Å². The van der Waals surface area contributed by atoms with E-state index in [1.165, 1.54) is 0 Å². The number of carboxylic acid groups (broad SMARTS) is 1. The summed E-state index contributed by atoms with van der Waals surface area (Å²) < 4.78 is 0. The molecule has 0 aromatic rings. The molecule has 80 valence electrons. The molecule has 0 aliphatic heterocycles. The minimum atomic E-state index is -1.03. The smallest absolute Gasteiger partial charge is 0.326 e. The Morgan fingerprint density at radius 2 is 2.14 bits per heavy atom. The van der Waals surface area contributed by atoms with E-state index in [4.69, 9.17) is 10.8 Å². The van der Waals surface area contributed by atoms with Gasteiger partial charge < -0.3 is 16.2 Å². The molecule has 5 heteroatoms. The third-order valence-corrected chi connectivity index (χ3v) is 1.75. The maximum Gasteiger partial charge on any atom is 0.326 e. The van der Waals surface area contributed by atoms with Gasteiger partial charge in [0.25, 0.3) is 0 Å². The molecule has 14 heavy (non-hydrogen) atoms. The highest BCUT2D eigenvalue weighted by Crippen LogP contribution is 2.00. The zero-order chi connectivity index (χ0) is 11.0. The fraction of sp³-hybridized carbons (Fsp3) is 0.556. The summed E-state index contributed by atoms with van der Waals surface area (Å²) in [4.78, 5) is 21.5. The van der Waals surface area contributed by atoms with E-state index in [2.05, 4.69) is 11.9 Å². The minimum Gasteiger partial charge on any atom is -0.480 e. The third-order valence-electron chi connectivity index (χ3n) is 1.75. The summed E-state index contributed by atoms with van der Waals surface area (Å²) in [5, 5.41) is 11.1. The summed E-state index contributed by atoms with van der Waals surface area (Å²) in [6, 6.07) is -0.841. The van der Waals surface area contributed by atoms with Crippen molar-refractivity contribution in [2.24, 2.45) is 5.73 Å². The molecule has 0 radical (unpaired) electrons. The molecule has 0 saturated carbocycles. The second-order valence-corrected chi connectivity index (χ2v) is 2.89. The number of carbonyl (C=O) groups is 2. The fourth-order valence-corrected chi connectivity index (χ4v) is 0.981.